The summed E-state index contributed by atoms with van der Waals surface area (Å²) in [6, 6.07) is 8.24. The highest BCUT2D eigenvalue weighted by molar-refractivity contribution is 7.91. The number of benzene rings is 1. The van der Waals surface area contributed by atoms with Crippen LogP contribution in [0.5, 0.6) is 0 Å². The first-order valence-corrected chi connectivity index (χ1v) is 10.5. The Labute approximate surface area is 147 Å². The Balaban J connectivity index is 1.57. The fourth-order valence-corrected chi connectivity index (χ4v) is 6.00. The van der Waals surface area contributed by atoms with E-state index in [9.17, 15) is 13.2 Å². The number of carbonyl (C=O) groups excluding carboxylic acids is 1. The SMILES string of the molecule is N#Cc1ccc(C(=O)N2CCN(CC3CC3)[C@@H]3CS(=O)(=O)C[C@@H]32)cc1. The molecule has 0 unspecified atom stereocenters. The van der Waals surface area contributed by atoms with E-state index in [2.05, 4.69) is 4.90 Å². The van der Waals surface area contributed by atoms with Crippen molar-refractivity contribution < 1.29 is 13.2 Å². The summed E-state index contributed by atoms with van der Waals surface area (Å²) in [5.74, 6) is 0.773. The van der Waals surface area contributed by atoms with Crippen molar-refractivity contribution in [2.45, 2.75) is 24.9 Å². The minimum absolute atomic E-state index is 0.0564. The maximum absolute atomic E-state index is 12.9. The summed E-state index contributed by atoms with van der Waals surface area (Å²) in [5.41, 5.74) is 1.02. The van der Waals surface area contributed by atoms with Gasteiger partial charge in [0.05, 0.1) is 29.2 Å². The van der Waals surface area contributed by atoms with E-state index in [1.54, 1.807) is 29.2 Å². The average molecular weight is 359 g/mol. The first kappa shape index (κ1) is 16.6. The quantitative estimate of drug-likeness (QED) is 0.801. The number of nitrogens with zero attached hydrogens (tertiary/aromatic N) is 3. The second-order valence-electron chi connectivity index (χ2n) is 7.34. The van der Waals surface area contributed by atoms with Gasteiger partial charge in [0.1, 0.15) is 0 Å². The van der Waals surface area contributed by atoms with Gasteiger partial charge in [-0.1, -0.05) is 0 Å². The molecule has 4 rings (SSSR count). The van der Waals surface area contributed by atoms with E-state index < -0.39 is 9.84 Å². The molecule has 3 aliphatic rings. The molecule has 0 spiro atoms. The molecule has 7 heteroatoms. The Hall–Kier alpha value is -1.91. The Morgan fingerprint density at radius 3 is 2.44 bits per heavy atom. The molecule has 1 saturated carbocycles. The van der Waals surface area contributed by atoms with E-state index in [-0.39, 0.29) is 29.5 Å². The number of piperazine rings is 1. The number of nitriles is 1. The maximum Gasteiger partial charge on any atom is 0.254 e. The van der Waals surface area contributed by atoms with Crippen molar-refractivity contribution in [1.82, 2.24) is 9.80 Å². The highest BCUT2D eigenvalue weighted by Crippen LogP contribution is 2.34. The van der Waals surface area contributed by atoms with Gasteiger partial charge >= 0.3 is 0 Å². The minimum atomic E-state index is -3.12. The van der Waals surface area contributed by atoms with Crippen molar-refractivity contribution >= 4 is 15.7 Å². The van der Waals surface area contributed by atoms with Gasteiger partial charge in [0, 0.05) is 31.2 Å². The number of fused-ring (bicyclic) bond motifs is 1. The monoisotopic (exact) mass is 359 g/mol. The largest absolute Gasteiger partial charge is 0.332 e. The first-order valence-electron chi connectivity index (χ1n) is 8.72. The predicted molar refractivity (Wildman–Crippen MR) is 92.7 cm³/mol. The molecule has 132 valence electrons. The van der Waals surface area contributed by atoms with Crippen molar-refractivity contribution in [3.8, 4) is 6.07 Å². The van der Waals surface area contributed by atoms with Crippen LogP contribution in [0.15, 0.2) is 24.3 Å². The molecule has 6 nitrogen and oxygen atoms in total. The third kappa shape index (κ3) is 3.29. The summed E-state index contributed by atoms with van der Waals surface area (Å²) in [6.07, 6.45) is 2.46. The molecule has 1 aromatic rings. The van der Waals surface area contributed by atoms with Crippen LogP contribution >= 0.6 is 0 Å². The summed E-state index contributed by atoms with van der Waals surface area (Å²) in [7, 11) is -3.12. The van der Waals surface area contributed by atoms with Gasteiger partial charge < -0.3 is 4.90 Å². The second-order valence-corrected chi connectivity index (χ2v) is 9.49. The average Bonchev–Trinajstić information content (AvgIpc) is 3.35. The summed E-state index contributed by atoms with van der Waals surface area (Å²) in [5, 5.41) is 8.89. The van der Waals surface area contributed by atoms with Crippen molar-refractivity contribution in [3.63, 3.8) is 0 Å². The molecule has 0 aromatic heterocycles. The summed E-state index contributed by atoms with van der Waals surface area (Å²) >= 11 is 0. The van der Waals surface area contributed by atoms with E-state index in [4.69, 9.17) is 5.26 Å². The summed E-state index contributed by atoms with van der Waals surface area (Å²) in [4.78, 5) is 16.9. The fourth-order valence-electron chi connectivity index (χ4n) is 3.99. The number of amides is 1. The molecule has 2 heterocycles. The van der Waals surface area contributed by atoms with E-state index in [0.29, 0.717) is 23.6 Å². The zero-order valence-corrected chi connectivity index (χ0v) is 14.8. The lowest BCUT2D eigenvalue weighted by molar-refractivity contribution is 0.0318. The lowest BCUT2D eigenvalue weighted by Gasteiger charge is -2.44. The molecule has 0 N–H and O–H groups in total. The molecular formula is C18H21N3O3S. The van der Waals surface area contributed by atoms with Gasteiger partial charge in [-0.3, -0.25) is 9.69 Å². The van der Waals surface area contributed by atoms with E-state index >= 15 is 0 Å². The summed E-state index contributed by atoms with van der Waals surface area (Å²) in [6.45, 7) is 2.24. The summed E-state index contributed by atoms with van der Waals surface area (Å²) < 4.78 is 24.5. The molecule has 25 heavy (non-hydrogen) atoms. The van der Waals surface area contributed by atoms with Crippen LogP contribution in [-0.4, -0.2) is 67.3 Å². The van der Waals surface area contributed by atoms with Crippen molar-refractivity contribution in [2.75, 3.05) is 31.1 Å². The van der Waals surface area contributed by atoms with E-state index in [1.165, 1.54) is 12.8 Å². The lowest BCUT2D eigenvalue weighted by Crippen LogP contribution is -2.60. The molecule has 1 aromatic carbocycles. The normalized spacial score (nSPS) is 28.4. The molecule has 1 aliphatic carbocycles. The Morgan fingerprint density at radius 1 is 1.12 bits per heavy atom. The molecule has 2 atom stereocenters. The number of rotatable bonds is 3. The van der Waals surface area contributed by atoms with Crippen molar-refractivity contribution in [2.24, 2.45) is 5.92 Å². The zero-order chi connectivity index (χ0) is 17.6. The molecule has 2 aliphatic heterocycles. The highest BCUT2D eigenvalue weighted by Gasteiger charge is 2.48. The predicted octanol–water partition coefficient (Wildman–Crippen LogP) is 0.892. The van der Waals surface area contributed by atoms with Crippen LogP contribution in [0, 0.1) is 17.2 Å². The topological polar surface area (TPSA) is 81.5 Å². The van der Waals surface area contributed by atoms with Gasteiger partial charge in [-0.2, -0.15) is 5.26 Å². The number of hydrogen-bond donors (Lipinski definition) is 0. The van der Waals surface area contributed by atoms with Gasteiger partial charge in [0.15, 0.2) is 9.84 Å². The van der Waals surface area contributed by atoms with Crippen LogP contribution in [0.4, 0.5) is 0 Å². The smallest absolute Gasteiger partial charge is 0.254 e. The van der Waals surface area contributed by atoms with Gasteiger partial charge in [-0.25, -0.2) is 8.42 Å². The Bertz CT molecular complexity index is 824. The van der Waals surface area contributed by atoms with Crippen molar-refractivity contribution in [3.05, 3.63) is 35.4 Å². The minimum Gasteiger partial charge on any atom is -0.332 e. The van der Waals surface area contributed by atoms with E-state index in [0.717, 1.165) is 13.1 Å². The van der Waals surface area contributed by atoms with Crippen molar-refractivity contribution in [1.29, 1.82) is 5.26 Å². The second kappa shape index (κ2) is 6.11. The van der Waals surface area contributed by atoms with Gasteiger partial charge in [-0.05, 0) is 43.0 Å². The molecule has 0 bridgehead atoms. The number of hydrogen-bond acceptors (Lipinski definition) is 5. The molecular weight excluding hydrogens is 338 g/mol. The molecule has 2 saturated heterocycles. The van der Waals surface area contributed by atoms with Crippen LogP contribution in [0.25, 0.3) is 0 Å². The molecule has 3 fully saturated rings. The van der Waals surface area contributed by atoms with Gasteiger partial charge in [-0.15, -0.1) is 0 Å². The van der Waals surface area contributed by atoms with Crippen LogP contribution in [0.2, 0.25) is 0 Å². The van der Waals surface area contributed by atoms with Gasteiger partial charge in [0.2, 0.25) is 0 Å². The van der Waals surface area contributed by atoms with Crippen LogP contribution in [0.1, 0.15) is 28.8 Å². The van der Waals surface area contributed by atoms with Gasteiger partial charge in [0.25, 0.3) is 5.91 Å². The third-order valence-corrected chi connectivity index (χ3v) is 7.20. The fraction of sp³-hybridized carbons (Fsp3) is 0.556. The number of carbonyl (C=O) groups is 1. The molecule has 1 amide bonds. The zero-order valence-electron chi connectivity index (χ0n) is 14.0. The third-order valence-electron chi connectivity index (χ3n) is 5.50. The standard InChI is InChI=1S/C18H21N3O3S/c19-9-13-3-5-15(6-4-13)18(22)21-8-7-20(10-14-1-2-14)16-11-25(23,24)12-17(16)21/h3-6,14,16-17H,1-2,7-8,10-12H2/t16-,17+/m1/s1. The lowest BCUT2D eigenvalue weighted by atomic mass is 10.0. The maximum atomic E-state index is 12.9. The van der Waals surface area contributed by atoms with Crippen LogP contribution < -0.4 is 0 Å². The van der Waals surface area contributed by atoms with Crippen LogP contribution in [-0.2, 0) is 9.84 Å². The number of sulfone groups is 1. The first-order chi connectivity index (χ1) is 12.0. The molecule has 0 radical (unpaired) electrons. The highest BCUT2D eigenvalue weighted by atomic mass is 32.2. The van der Waals surface area contributed by atoms with Crippen LogP contribution in [0.3, 0.4) is 0 Å². The van der Waals surface area contributed by atoms with E-state index in [1.807, 2.05) is 6.07 Å². The Morgan fingerprint density at radius 2 is 1.80 bits per heavy atom. The Kier molecular flexibility index (Phi) is 4.05.